The van der Waals surface area contributed by atoms with E-state index in [1.165, 1.54) is 10.9 Å². The van der Waals surface area contributed by atoms with Gasteiger partial charge in [-0.25, -0.2) is 4.79 Å². The molecule has 1 aromatic rings. The van der Waals surface area contributed by atoms with Crippen molar-refractivity contribution in [3.8, 4) is 0 Å². The Balaban J connectivity index is 2.87. The summed E-state index contributed by atoms with van der Waals surface area (Å²) in [6.07, 6.45) is 1.47. The molecule has 0 saturated carbocycles. The summed E-state index contributed by atoms with van der Waals surface area (Å²) in [5.41, 5.74) is 0.222. The fourth-order valence-electron chi connectivity index (χ4n) is 0.726. The van der Waals surface area contributed by atoms with Crippen LogP contribution in [0.25, 0.3) is 0 Å². The van der Waals surface area contributed by atoms with Crippen LogP contribution in [0, 0.1) is 0 Å². The largest absolute Gasteiger partial charge is 0.446 e. The Morgan fingerprint density at radius 2 is 2.50 bits per heavy atom. The van der Waals surface area contributed by atoms with Gasteiger partial charge in [-0.15, -0.1) is 0 Å². The van der Waals surface area contributed by atoms with Crippen molar-refractivity contribution in [2.24, 2.45) is 7.05 Å². The highest BCUT2D eigenvalue weighted by Crippen LogP contribution is 2.13. The first-order valence-electron chi connectivity index (χ1n) is 3.07. The molecule has 0 aromatic carbocycles. The van der Waals surface area contributed by atoms with E-state index < -0.39 is 5.97 Å². The Kier molecular flexibility index (Phi) is 2.94. The standard InChI is InChI=1S/C6H6Cl2N2O2/c1-10-2-4(5(8)9-10)6(11)12-3-7/h2H,3H2,1H3. The van der Waals surface area contributed by atoms with Crippen molar-refractivity contribution in [3.63, 3.8) is 0 Å². The molecule has 0 unspecified atom stereocenters. The summed E-state index contributed by atoms with van der Waals surface area (Å²) in [6.45, 7) is 0. The van der Waals surface area contributed by atoms with Gasteiger partial charge in [-0.05, 0) is 0 Å². The zero-order valence-electron chi connectivity index (χ0n) is 6.25. The molecule has 66 valence electrons. The Bertz CT molecular complexity index is 298. The molecule has 4 nitrogen and oxygen atoms in total. The molecule has 0 atom stereocenters. The second-order valence-electron chi connectivity index (χ2n) is 2.05. The number of nitrogens with zero attached hydrogens (tertiary/aromatic N) is 2. The minimum atomic E-state index is -0.567. The molecule has 0 N–H and O–H groups in total. The average Bonchev–Trinajstić information content (AvgIpc) is 2.30. The van der Waals surface area contributed by atoms with Gasteiger partial charge in [0.25, 0.3) is 0 Å². The highest BCUT2D eigenvalue weighted by Gasteiger charge is 2.14. The van der Waals surface area contributed by atoms with Gasteiger partial charge in [0.1, 0.15) is 5.56 Å². The van der Waals surface area contributed by atoms with Crippen molar-refractivity contribution in [2.75, 3.05) is 6.07 Å². The van der Waals surface area contributed by atoms with Gasteiger partial charge in [-0.3, -0.25) is 4.68 Å². The predicted molar refractivity (Wildman–Crippen MR) is 44.4 cm³/mol. The van der Waals surface area contributed by atoms with Gasteiger partial charge in [0.15, 0.2) is 11.2 Å². The van der Waals surface area contributed by atoms with Crippen molar-refractivity contribution in [1.29, 1.82) is 0 Å². The SMILES string of the molecule is Cn1cc(C(=O)OCCl)c(Cl)n1. The maximum atomic E-state index is 11.0. The van der Waals surface area contributed by atoms with Crippen LogP contribution >= 0.6 is 23.2 Å². The lowest BCUT2D eigenvalue weighted by Crippen LogP contribution is -2.02. The number of halogens is 2. The Morgan fingerprint density at radius 1 is 1.83 bits per heavy atom. The number of aromatic nitrogens is 2. The lowest BCUT2D eigenvalue weighted by Gasteiger charge is -1.95. The molecule has 0 amide bonds. The molecule has 0 spiro atoms. The molecule has 0 aliphatic heterocycles. The van der Waals surface area contributed by atoms with E-state index in [4.69, 9.17) is 23.2 Å². The molecule has 6 heteroatoms. The summed E-state index contributed by atoms with van der Waals surface area (Å²) in [5, 5.41) is 3.87. The van der Waals surface area contributed by atoms with Gasteiger partial charge in [-0.1, -0.05) is 23.2 Å². The molecular weight excluding hydrogens is 203 g/mol. The molecule has 1 heterocycles. The molecule has 0 radical (unpaired) electrons. The van der Waals surface area contributed by atoms with E-state index in [0.29, 0.717) is 0 Å². The lowest BCUT2D eigenvalue weighted by molar-refractivity contribution is 0.0574. The van der Waals surface area contributed by atoms with Crippen LogP contribution in [0.2, 0.25) is 5.15 Å². The van der Waals surface area contributed by atoms with Crippen LogP contribution in [0.15, 0.2) is 6.20 Å². The molecule has 0 aliphatic carbocycles. The van der Waals surface area contributed by atoms with E-state index >= 15 is 0 Å². The number of hydrogen-bond acceptors (Lipinski definition) is 3. The van der Waals surface area contributed by atoms with Gasteiger partial charge in [-0.2, -0.15) is 5.10 Å². The third-order valence-corrected chi connectivity index (χ3v) is 1.58. The summed E-state index contributed by atoms with van der Waals surface area (Å²) in [6, 6.07) is -0.190. The first kappa shape index (κ1) is 9.35. The number of ether oxygens (including phenoxy) is 1. The monoisotopic (exact) mass is 208 g/mol. The van der Waals surface area contributed by atoms with E-state index in [-0.39, 0.29) is 16.8 Å². The second kappa shape index (κ2) is 3.78. The van der Waals surface area contributed by atoms with Gasteiger partial charge < -0.3 is 4.74 Å². The molecule has 0 aliphatic rings. The number of alkyl halides is 1. The summed E-state index contributed by atoms with van der Waals surface area (Å²) in [7, 11) is 1.66. The maximum absolute atomic E-state index is 11.0. The first-order valence-corrected chi connectivity index (χ1v) is 3.98. The lowest BCUT2D eigenvalue weighted by atomic mass is 10.4. The van der Waals surface area contributed by atoms with Crippen molar-refractivity contribution in [2.45, 2.75) is 0 Å². The molecular formula is C6H6Cl2N2O2. The fourth-order valence-corrected chi connectivity index (χ4v) is 1.07. The van der Waals surface area contributed by atoms with Crippen molar-refractivity contribution < 1.29 is 9.53 Å². The molecule has 0 bridgehead atoms. The minimum Gasteiger partial charge on any atom is -0.446 e. The van der Waals surface area contributed by atoms with E-state index in [2.05, 4.69) is 9.84 Å². The van der Waals surface area contributed by atoms with E-state index in [9.17, 15) is 4.79 Å². The normalized spacial score (nSPS) is 9.92. The third-order valence-electron chi connectivity index (χ3n) is 1.19. The van der Waals surface area contributed by atoms with Crippen molar-refractivity contribution >= 4 is 29.2 Å². The van der Waals surface area contributed by atoms with Crippen LogP contribution in [-0.4, -0.2) is 21.8 Å². The first-order chi connectivity index (χ1) is 5.65. The van der Waals surface area contributed by atoms with Crippen LogP contribution in [0.4, 0.5) is 0 Å². The smallest absolute Gasteiger partial charge is 0.344 e. The highest BCUT2D eigenvalue weighted by atomic mass is 35.5. The zero-order chi connectivity index (χ0) is 9.14. The van der Waals surface area contributed by atoms with Crippen LogP contribution in [0.5, 0.6) is 0 Å². The fraction of sp³-hybridized carbons (Fsp3) is 0.333. The summed E-state index contributed by atoms with van der Waals surface area (Å²) in [5.74, 6) is -0.567. The van der Waals surface area contributed by atoms with E-state index in [0.717, 1.165) is 0 Å². The van der Waals surface area contributed by atoms with Gasteiger partial charge >= 0.3 is 5.97 Å². The number of rotatable bonds is 2. The molecule has 0 fully saturated rings. The number of carbonyl (C=O) groups excluding carboxylic acids is 1. The van der Waals surface area contributed by atoms with Crippen LogP contribution in [0.3, 0.4) is 0 Å². The van der Waals surface area contributed by atoms with Gasteiger partial charge in [0.2, 0.25) is 0 Å². The maximum Gasteiger partial charge on any atom is 0.344 e. The van der Waals surface area contributed by atoms with Gasteiger partial charge in [0, 0.05) is 13.2 Å². The quantitative estimate of drug-likeness (QED) is 0.546. The third kappa shape index (κ3) is 1.89. The molecule has 0 saturated heterocycles. The number of esters is 1. The molecule has 12 heavy (non-hydrogen) atoms. The number of carbonyl (C=O) groups is 1. The number of hydrogen-bond donors (Lipinski definition) is 0. The summed E-state index contributed by atoms with van der Waals surface area (Å²) < 4.78 is 5.93. The van der Waals surface area contributed by atoms with E-state index in [1.807, 2.05) is 0 Å². The topological polar surface area (TPSA) is 44.1 Å². The van der Waals surface area contributed by atoms with Crippen molar-refractivity contribution in [3.05, 3.63) is 16.9 Å². The highest BCUT2D eigenvalue weighted by molar-refractivity contribution is 6.32. The molecule has 1 rings (SSSR count). The van der Waals surface area contributed by atoms with Crippen LogP contribution in [-0.2, 0) is 11.8 Å². The Morgan fingerprint density at radius 3 is 2.92 bits per heavy atom. The van der Waals surface area contributed by atoms with Crippen molar-refractivity contribution in [1.82, 2.24) is 9.78 Å². The van der Waals surface area contributed by atoms with Gasteiger partial charge in [0.05, 0.1) is 0 Å². The molecule has 1 aromatic heterocycles. The average molecular weight is 209 g/mol. The van der Waals surface area contributed by atoms with E-state index in [1.54, 1.807) is 7.05 Å². The van der Waals surface area contributed by atoms with Crippen LogP contribution in [0.1, 0.15) is 10.4 Å². The number of aryl methyl sites for hydroxylation is 1. The summed E-state index contributed by atoms with van der Waals surface area (Å²) >= 11 is 10.8. The Labute approximate surface area is 79.0 Å². The minimum absolute atomic E-state index is 0.118. The predicted octanol–water partition coefficient (Wildman–Crippen LogP) is 1.43. The zero-order valence-corrected chi connectivity index (χ0v) is 7.76. The second-order valence-corrected chi connectivity index (χ2v) is 2.62. The Hall–Kier alpha value is -0.740. The summed E-state index contributed by atoms with van der Waals surface area (Å²) in [4.78, 5) is 11.0. The van der Waals surface area contributed by atoms with Crippen LogP contribution < -0.4 is 0 Å².